The number of hydrogen-bond acceptors (Lipinski definition) is 4. The van der Waals surface area contributed by atoms with Crippen molar-refractivity contribution in [3.05, 3.63) is 12.2 Å². The van der Waals surface area contributed by atoms with Crippen LogP contribution in [0.5, 0.6) is 0 Å². The molecular weight excluding hydrogens is 336 g/mol. The topological polar surface area (TPSA) is 95.9 Å². The molecule has 2 heterocycles. The van der Waals surface area contributed by atoms with Crippen LogP contribution < -0.4 is 5.32 Å². The highest BCUT2D eigenvalue weighted by molar-refractivity contribution is 5.90. The highest BCUT2D eigenvalue weighted by Gasteiger charge is 2.48. The number of nitrogens with one attached hydrogen (secondary N) is 1. The maximum absolute atomic E-state index is 13.3. The Morgan fingerprint density at radius 2 is 1.92 bits per heavy atom. The number of ether oxygens (including phenoxy) is 1. The summed E-state index contributed by atoms with van der Waals surface area (Å²) in [6.45, 7) is 5.30. The highest BCUT2D eigenvalue weighted by atomic mass is 16.6. The van der Waals surface area contributed by atoms with Gasteiger partial charge < -0.3 is 20.1 Å². The van der Waals surface area contributed by atoms with E-state index in [1.54, 1.807) is 20.8 Å². The molecule has 7 heteroatoms. The average Bonchev–Trinajstić information content (AvgIpc) is 3.25. The number of rotatable bonds is 3. The van der Waals surface area contributed by atoms with Gasteiger partial charge >= 0.3 is 12.1 Å². The molecule has 7 nitrogen and oxygen atoms in total. The molecule has 1 saturated heterocycles. The Kier molecular flexibility index (Phi) is 4.99. The molecule has 3 aliphatic rings. The molecule has 0 aromatic heterocycles. The van der Waals surface area contributed by atoms with Gasteiger partial charge in [-0.25, -0.2) is 9.59 Å². The van der Waals surface area contributed by atoms with E-state index in [0.29, 0.717) is 25.2 Å². The lowest BCUT2D eigenvalue weighted by atomic mass is 9.90. The van der Waals surface area contributed by atoms with Gasteiger partial charge in [-0.1, -0.05) is 12.2 Å². The number of carbonyl (C=O) groups is 3. The minimum absolute atomic E-state index is 0.119. The molecule has 0 unspecified atom stereocenters. The molecule has 144 valence electrons. The van der Waals surface area contributed by atoms with Gasteiger partial charge in [0.2, 0.25) is 5.91 Å². The van der Waals surface area contributed by atoms with Crippen LogP contribution in [-0.4, -0.2) is 51.7 Å². The van der Waals surface area contributed by atoms with E-state index in [1.165, 1.54) is 4.90 Å². The van der Waals surface area contributed by atoms with Crippen LogP contribution in [0.25, 0.3) is 0 Å². The molecule has 3 rings (SSSR count). The van der Waals surface area contributed by atoms with Crippen molar-refractivity contribution >= 4 is 18.0 Å². The van der Waals surface area contributed by atoms with E-state index in [0.717, 1.165) is 12.8 Å². The zero-order valence-electron chi connectivity index (χ0n) is 15.6. The number of aliphatic carboxylic acids is 1. The molecule has 0 spiro atoms. The van der Waals surface area contributed by atoms with Gasteiger partial charge in [-0.05, 0) is 58.8 Å². The Labute approximate surface area is 153 Å². The number of amides is 2. The second-order valence-electron chi connectivity index (χ2n) is 8.53. The van der Waals surface area contributed by atoms with Crippen LogP contribution >= 0.6 is 0 Å². The minimum Gasteiger partial charge on any atom is -0.480 e. The molecule has 0 aromatic rings. The van der Waals surface area contributed by atoms with Gasteiger partial charge in [-0.3, -0.25) is 4.79 Å². The number of carbonyl (C=O) groups excluding carboxylic acids is 2. The summed E-state index contributed by atoms with van der Waals surface area (Å²) in [5.41, 5.74) is -0.667. The second kappa shape index (κ2) is 6.93. The summed E-state index contributed by atoms with van der Waals surface area (Å²) in [5.74, 6) is -1.06. The predicted octanol–water partition coefficient (Wildman–Crippen LogP) is 2.31. The summed E-state index contributed by atoms with van der Waals surface area (Å²) >= 11 is 0. The summed E-state index contributed by atoms with van der Waals surface area (Å²) < 4.78 is 5.33. The number of nitrogens with zero attached hydrogens (tertiary/aromatic N) is 1. The van der Waals surface area contributed by atoms with Crippen molar-refractivity contribution in [1.82, 2.24) is 10.2 Å². The van der Waals surface area contributed by atoms with Gasteiger partial charge in [-0.15, -0.1) is 0 Å². The SMILES string of the molecule is CC(C)(C)OC(=O)N[C@@H]1C(=O)N2[C@@H](C/C=C\[C@H]1C1CC1)CC[C@H]2C(=O)O. The normalized spacial score (nSPS) is 33.0. The number of alkyl carbamates (subject to hydrolysis) is 1. The van der Waals surface area contributed by atoms with Crippen molar-refractivity contribution in [2.24, 2.45) is 11.8 Å². The lowest BCUT2D eigenvalue weighted by Gasteiger charge is -2.36. The van der Waals surface area contributed by atoms with Crippen molar-refractivity contribution in [3.8, 4) is 0 Å². The molecule has 0 bridgehead atoms. The first-order valence-corrected chi connectivity index (χ1v) is 9.38. The molecular formula is C19H28N2O5. The van der Waals surface area contributed by atoms with E-state index < -0.39 is 29.7 Å². The quantitative estimate of drug-likeness (QED) is 0.749. The highest BCUT2D eigenvalue weighted by Crippen LogP contribution is 2.42. The van der Waals surface area contributed by atoms with E-state index >= 15 is 0 Å². The number of carboxylic acid groups (broad SMARTS) is 1. The standard InChI is InChI=1S/C19H28N2O5/c1-19(2,3)26-18(25)20-15-13(11-7-8-11)6-4-5-12-9-10-14(17(23)24)21(12)16(15)22/h4,6,11-15H,5,7-10H2,1-3H3,(H,20,25)(H,23,24)/b6-4-/t12-,13-,14-,15-/m0/s1. The Hall–Kier alpha value is -2.05. The van der Waals surface area contributed by atoms with E-state index in [-0.39, 0.29) is 17.9 Å². The Morgan fingerprint density at radius 3 is 2.50 bits per heavy atom. The summed E-state index contributed by atoms with van der Waals surface area (Å²) in [5, 5.41) is 12.3. The third kappa shape index (κ3) is 4.02. The molecule has 26 heavy (non-hydrogen) atoms. The number of fused-ring (bicyclic) bond motifs is 1. The molecule has 4 atom stereocenters. The number of hydrogen-bond donors (Lipinski definition) is 2. The zero-order chi connectivity index (χ0) is 19.1. The minimum atomic E-state index is -0.982. The van der Waals surface area contributed by atoms with Gasteiger partial charge in [0.05, 0.1) is 0 Å². The molecule has 2 N–H and O–H groups in total. The van der Waals surface area contributed by atoms with Crippen LogP contribution in [0.2, 0.25) is 0 Å². The van der Waals surface area contributed by atoms with Crippen molar-refractivity contribution in [2.45, 2.75) is 76.6 Å². The van der Waals surface area contributed by atoms with Crippen LogP contribution in [0, 0.1) is 11.8 Å². The Bertz CT molecular complexity index is 620. The summed E-state index contributed by atoms with van der Waals surface area (Å²) in [7, 11) is 0. The molecule has 2 amide bonds. The van der Waals surface area contributed by atoms with Gasteiger partial charge in [0.25, 0.3) is 0 Å². The monoisotopic (exact) mass is 364 g/mol. The first-order valence-electron chi connectivity index (χ1n) is 9.38. The first-order chi connectivity index (χ1) is 12.2. The molecule has 2 aliphatic heterocycles. The van der Waals surface area contributed by atoms with Crippen molar-refractivity contribution < 1.29 is 24.2 Å². The van der Waals surface area contributed by atoms with Crippen LogP contribution in [0.3, 0.4) is 0 Å². The molecule has 2 fully saturated rings. The lowest BCUT2D eigenvalue weighted by molar-refractivity contribution is -0.151. The molecule has 0 aromatic carbocycles. The van der Waals surface area contributed by atoms with Crippen LogP contribution in [0.4, 0.5) is 4.79 Å². The summed E-state index contributed by atoms with van der Waals surface area (Å²) in [6, 6.07) is -1.72. The summed E-state index contributed by atoms with van der Waals surface area (Å²) in [6.07, 6.45) is 7.24. The third-order valence-corrected chi connectivity index (χ3v) is 5.30. The Balaban J connectivity index is 1.86. The van der Waals surface area contributed by atoms with E-state index in [4.69, 9.17) is 4.74 Å². The molecule has 0 radical (unpaired) electrons. The summed E-state index contributed by atoms with van der Waals surface area (Å²) in [4.78, 5) is 38.7. The first kappa shape index (κ1) is 18.7. The Morgan fingerprint density at radius 1 is 1.23 bits per heavy atom. The lowest BCUT2D eigenvalue weighted by Crippen LogP contribution is -2.57. The fourth-order valence-electron chi connectivity index (χ4n) is 4.02. The van der Waals surface area contributed by atoms with E-state index in [1.807, 2.05) is 12.2 Å². The zero-order valence-corrected chi connectivity index (χ0v) is 15.6. The fraction of sp³-hybridized carbons (Fsp3) is 0.737. The largest absolute Gasteiger partial charge is 0.480 e. The fourth-order valence-corrected chi connectivity index (χ4v) is 4.02. The van der Waals surface area contributed by atoms with Gasteiger partial charge in [0.1, 0.15) is 17.7 Å². The van der Waals surface area contributed by atoms with Gasteiger partial charge in [-0.2, -0.15) is 0 Å². The van der Waals surface area contributed by atoms with Gasteiger partial charge in [0.15, 0.2) is 0 Å². The van der Waals surface area contributed by atoms with Crippen molar-refractivity contribution in [2.75, 3.05) is 0 Å². The van der Waals surface area contributed by atoms with E-state index in [2.05, 4.69) is 5.32 Å². The second-order valence-corrected chi connectivity index (χ2v) is 8.53. The van der Waals surface area contributed by atoms with Crippen LogP contribution in [0.1, 0.15) is 52.9 Å². The van der Waals surface area contributed by atoms with Crippen molar-refractivity contribution in [1.29, 1.82) is 0 Å². The van der Waals surface area contributed by atoms with E-state index in [9.17, 15) is 19.5 Å². The van der Waals surface area contributed by atoms with Crippen LogP contribution in [-0.2, 0) is 14.3 Å². The third-order valence-electron chi connectivity index (χ3n) is 5.30. The predicted molar refractivity (Wildman–Crippen MR) is 94.4 cm³/mol. The molecule has 1 saturated carbocycles. The van der Waals surface area contributed by atoms with Crippen LogP contribution in [0.15, 0.2) is 12.2 Å². The maximum atomic E-state index is 13.3. The van der Waals surface area contributed by atoms with Crippen molar-refractivity contribution in [3.63, 3.8) is 0 Å². The van der Waals surface area contributed by atoms with Gasteiger partial charge in [0, 0.05) is 12.0 Å². The maximum Gasteiger partial charge on any atom is 0.408 e. The smallest absolute Gasteiger partial charge is 0.408 e. The molecule has 1 aliphatic carbocycles. The number of carboxylic acids is 1. The average molecular weight is 364 g/mol.